The number of likely N-dealkylation sites (tertiary alicyclic amines) is 1. The van der Waals surface area contributed by atoms with Gasteiger partial charge in [0, 0.05) is 0 Å². The number of hydrogen-bond acceptors (Lipinski definition) is 4. The van der Waals surface area contributed by atoms with Crippen LogP contribution in [-0.2, 0) is 16.0 Å². The number of imide groups is 1. The first kappa shape index (κ1) is 15.3. The fourth-order valence-corrected chi connectivity index (χ4v) is 2.68. The second-order valence-corrected chi connectivity index (χ2v) is 5.71. The number of nitrogens with zero attached hydrogens (tertiary/aromatic N) is 2. The van der Waals surface area contributed by atoms with Gasteiger partial charge in [0.05, 0.1) is 13.1 Å². The summed E-state index contributed by atoms with van der Waals surface area (Å²) in [5, 5.41) is 2.15. The molecule has 1 aromatic rings. The summed E-state index contributed by atoms with van der Waals surface area (Å²) in [6, 6.07) is 7.36. The first-order valence-electron chi connectivity index (χ1n) is 7.68. The highest BCUT2D eigenvalue weighted by Crippen LogP contribution is 2.23. The van der Waals surface area contributed by atoms with Gasteiger partial charge in [-0.2, -0.15) is 0 Å². The molecule has 7 nitrogen and oxygen atoms in total. The topological polar surface area (TPSA) is 79.0 Å². The van der Waals surface area contributed by atoms with E-state index in [1.807, 2.05) is 24.3 Å². The Balaban J connectivity index is 1.48. The highest BCUT2D eigenvalue weighted by Gasteiger charge is 2.35. The summed E-state index contributed by atoms with van der Waals surface area (Å²) in [7, 11) is 0. The molecule has 122 valence electrons. The van der Waals surface area contributed by atoms with E-state index in [1.165, 1.54) is 4.90 Å². The van der Waals surface area contributed by atoms with Gasteiger partial charge in [0.25, 0.3) is 0 Å². The van der Waals surface area contributed by atoms with Crippen LogP contribution in [0.4, 0.5) is 4.79 Å². The molecule has 23 heavy (non-hydrogen) atoms. The Kier molecular flexibility index (Phi) is 4.18. The lowest BCUT2D eigenvalue weighted by atomic mass is 10.1. The van der Waals surface area contributed by atoms with Gasteiger partial charge in [-0.15, -0.1) is 0 Å². The molecule has 7 heteroatoms. The molecule has 2 saturated heterocycles. The lowest BCUT2D eigenvalue weighted by molar-refractivity contribution is -0.140. The highest BCUT2D eigenvalue weighted by atomic mass is 16.5. The van der Waals surface area contributed by atoms with E-state index in [4.69, 9.17) is 4.74 Å². The number of benzene rings is 1. The molecule has 0 atom stereocenters. The highest BCUT2D eigenvalue weighted by molar-refractivity contribution is 6.03. The van der Waals surface area contributed by atoms with Crippen molar-refractivity contribution < 1.29 is 19.1 Å². The van der Waals surface area contributed by atoms with Crippen LogP contribution in [0.25, 0.3) is 0 Å². The number of nitrogens with one attached hydrogen (secondary N) is 1. The largest absolute Gasteiger partial charge is 0.486 e. The number of rotatable bonds is 5. The third-order valence-electron chi connectivity index (χ3n) is 4.04. The zero-order valence-corrected chi connectivity index (χ0v) is 12.9. The first-order valence-corrected chi connectivity index (χ1v) is 7.68. The number of carbonyl (C=O) groups excluding carboxylic acids is 3. The minimum Gasteiger partial charge on any atom is -0.486 e. The van der Waals surface area contributed by atoms with Crippen LogP contribution in [0.2, 0.25) is 0 Å². The first-order chi connectivity index (χ1) is 11.1. The molecule has 1 aromatic carbocycles. The number of ether oxygens (including phenoxy) is 1. The molecule has 0 aromatic heterocycles. The Morgan fingerprint density at radius 3 is 2.70 bits per heavy atom. The molecule has 2 heterocycles. The van der Waals surface area contributed by atoms with Crippen molar-refractivity contribution in [2.24, 2.45) is 0 Å². The lowest BCUT2D eigenvalue weighted by Crippen LogP contribution is -2.58. The smallest absolute Gasteiger partial charge is 0.325 e. The summed E-state index contributed by atoms with van der Waals surface area (Å²) in [6.07, 6.45) is 0.865. The summed E-state index contributed by atoms with van der Waals surface area (Å²) in [6.45, 7) is 2.94. The van der Waals surface area contributed by atoms with Crippen molar-refractivity contribution in [1.82, 2.24) is 15.1 Å². The quantitative estimate of drug-likeness (QED) is 0.797. The summed E-state index contributed by atoms with van der Waals surface area (Å²) >= 11 is 0. The van der Waals surface area contributed by atoms with Gasteiger partial charge >= 0.3 is 6.03 Å². The second-order valence-electron chi connectivity index (χ2n) is 5.71. The molecule has 0 spiro atoms. The molecule has 0 radical (unpaired) electrons. The predicted octanol–water partition coefficient (Wildman–Crippen LogP) is 0.390. The van der Waals surface area contributed by atoms with Crippen molar-refractivity contribution in [1.29, 1.82) is 0 Å². The van der Waals surface area contributed by atoms with E-state index in [-0.39, 0.29) is 31.0 Å². The van der Waals surface area contributed by atoms with E-state index >= 15 is 0 Å². The minimum absolute atomic E-state index is 0.0271. The molecule has 0 saturated carbocycles. The molecule has 0 bridgehead atoms. The van der Waals surface area contributed by atoms with E-state index in [1.54, 1.807) is 4.90 Å². The number of aryl methyl sites for hydroxylation is 1. The van der Waals surface area contributed by atoms with E-state index in [2.05, 4.69) is 12.2 Å². The molecule has 4 amide bonds. The summed E-state index contributed by atoms with van der Waals surface area (Å²) in [4.78, 5) is 37.5. The Morgan fingerprint density at radius 1 is 1.30 bits per heavy atom. The molecule has 2 fully saturated rings. The average molecular weight is 317 g/mol. The molecule has 2 aliphatic rings. The van der Waals surface area contributed by atoms with E-state index in [0.29, 0.717) is 13.1 Å². The third kappa shape index (κ3) is 3.28. The predicted molar refractivity (Wildman–Crippen MR) is 81.9 cm³/mol. The summed E-state index contributed by atoms with van der Waals surface area (Å²) in [5.74, 6) is 0.318. The monoisotopic (exact) mass is 317 g/mol. The van der Waals surface area contributed by atoms with E-state index in [0.717, 1.165) is 17.7 Å². The van der Waals surface area contributed by atoms with Gasteiger partial charge in [-0.3, -0.25) is 14.9 Å². The lowest BCUT2D eigenvalue weighted by Gasteiger charge is -2.39. The van der Waals surface area contributed by atoms with E-state index < -0.39 is 6.03 Å². The number of para-hydroxylation sites is 1. The minimum atomic E-state index is -0.506. The fraction of sp³-hybridized carbons (Fsp3) is 0.438. The van der Waals surface area contributed by atoms with Crippen LogP contribution in [0.1, 0.15) is 12.5 Å². The molecule has 1 N–H and O–H groups in total. The van der Waals surface area contributed by atoms with Crippen LogP contribution in [0, 0.1) is 0 Å². The zero-order chi connectivity index (χ0) is 16.4. The van der Waals surface area contributed by atoms with Gasteiger partial charge in [0.1, 0.15) is 24.9 Å². The second kappa shape index (κ2) is 6.28. The summed E-state index contributed by atoms with van der Waals surface area (Å²) < 4.78 is 5.92. The van der Waals surface area contributed by atoms with Crippen LogP contribution in [0.3, 0.4) is 0 Å². The van der Waals surface area contributed by atoms with Gasteiger partial charge in [-0.1, -0.05) is 25.1 Å². The van der Waals surface area contributed by atoms with Crippen molar-refractivity contribution in [2.75, 3.05) is 26.2 Å². The Bertz CT molecular complexity index is 640. The Morgan fingerprint density at radius 2 is 2.04 bits per heavy atom. The van der Waals surface area contributed by atoms with Gasteiger partial charge < -0.3 is 14.5 Å². The maximum Gasteiger partial charge on any atom is 0.325 e. The maximum absolute atomic E-state index is 12.1. The maximum atomic E-state index is 12.1. The van der Waals surface area contributed by atoms with Crippen LogP contribution in [0.5, 0.6) is 5.75 Å². The normalized spacial score (nSPS) is 18.0. The van der Waals surface area contributed by atoms with E-state index in [9.17, 15) is 14.4 Å². The van der Waals surface area contributed by atoms with Crippen molar-refractivity contribution in [3.05, 3.63) is 29.8 Å². The van der Waals surface area contributed by atoms with Crippen molar-refractivity contribution >= 4 is 17.8 Å². The zero-order valence-electron chi connectivity index (χ0n) is 12.9. The fourth-order valence-electron chi connectivity index (χ4n) is 2.68. The van der Waals surface area contributed by atoms with Crippen molar-refractivity contribution in [3.8, 4) is 5.75 Å². The number of hydrogen-bond donors (Lipinski definition) is 1. The standard InChI is InChI=1S/C16H19N3O4/c1-2-11-5-3-4-6-13(11)23-12-7-18(8-12)15(21)10-19-9-14(20)17-16(19)22/h3-6,12H,2,7-10H2,1H3,(H,17,20,22). The van der Waals surface area contributed by atoms with Crippen molar-refractivity contribution in [2.45, 2.75) is 19.4 Å². The van der Waals surface area contributed by atoms with Crippen LogP contribution in [0.15, 0.2) is 24.3 Å². The number of carbonyl (C=O) groups is 3. The Labute approximate surface area is 134 Å². The molecule has 0 aliphatic carbocycles. The van der Waals surface area contributed by atoms with Crippen LogP contribution >= 0.6 is 0 Å². The van der Waals surface area contributed by atoms with Crippen LogP contribution < -0.4 is 10.1 Å². The average Bonchev–Trinajstić information content (AvgIpc) is 2.80. The number of amides is 4. The number of urea groups is 1. The van der Waals surface area contributed by atoms with Crippen LogP contribution in [-0.4, -0.2) is 59.9 Å². The summed E-state index contributed by atoms with van der Waals surface area (Å²) in [5.41, 5.74) is 1.14. The molecule has 2 aliphatic heterocycles. The van der Waals surface area contributed by atoms with Gasteiger partial charge in [-0.05, 0) is 18.1 Å². The Hall–Kier alpha value is -2.57. The molecule has 0 unspecified atom stereocenters. The van der Waals surface area contributed by atoms with Gasteiger partial charge in [0.2, 0.25) is 11.8 Å². The molecular weight excluding hydrogens is 298 g/mol. The van der Waals surface area contributed by atoms with Crippen molar-refractivity contribution in [3.63, 3.8) is 0 Å². The third-order valence-corrected chi connectivity index (χ3v) is 4.04. The van der Waals surface area contributed by atoms with Gasteiger partial charge in [-0.25, -0.2) is 4.79 Å². The SMILES string of the molecule is CCc1ccccc1OC1CN(C(=O)CN2CC(=O)NC2=O)C1. The molecule has 3 rings (SSSR count). The van der Waals surface area contributed by atoms with Gasteiger partial charge in [0.15, 0.2) is 0 Å². The molecular formula is C16H19N3O4.